The molecule has 150 valence electrons. The van der Waals surface area contributed by atoms with Gasteiger partial charge in [0, 0.05) is 36.8 Å². The molecule has 3 heterocycles. The summed E-state index contributed by atoms with van der Waals surface area (Å²) < 4.78 is 39.8. The zero-order valence-corrected chi connectivity index (χ0v) is 16.4. The molecule has 3 aromatic rings. The molecule has 3 rings (SSSR count). The van der Waals surface area contributed by atoms with Gasteiger partial charge in [-0.15, -0.1) is 11.3 Å². The van der Waals surface area contributed by atoms with E-state index < -0.39 is 11.9 Å². The number of alkyl halides is 3. The van der Waals surface area contributed by atoms with Crippen LogP contribution >= 0.6 is 11.3 Å². The van der Waals surface area contributed by atoms with Gasteiger partial charge in [-0.05, 0) is 26.0 Å². The van der Waals surface area contributed by atoms with Crippen LogP contribution in [-0.2, 0) is 19.1 Å². The van der Waals surface area contributed by atoms with Gasteiger partial charge in [0.2, 0.25) is 0 Å². The Bertz CT molecular complexity index is 960. The summed E-state index contributed by atoms with van der Waals surface area (Å²) in [6.07, 6.45) is -2.06. The quantitative estimate of drug-likeness (QED) is 0.483. The smallest absolute Gasteiger partial charge is 0.357 e. The average molecular weight is 410 g/mol. The van der Waals surface area contributed by atoms with Crippen molar-refractivity contribution in [3.05, 3.63) is 51.9 Å². The van der Waals surface area contributed by atoms with Crippen LogP contribution in [0, 0.1) is 6.92 Å². The number of aromatic nitrogens is 3. The molecule has 0 saturated heterocycles. The molecule has 0 fully saturated rings. The summed E-state index contributed by atoms with van der Waals surface area (Å²) in [4.78, 5) is 12.7. The number of fused-ring (bicyclic) bond motifs is 1. The Hall–Kier alpha value is -2.62. The minimum atomic E-state index is -4.40. The predicted molar refractivity (Wildman–Crippen MR) is 104 cm³/mol. The van der Waals surface area contributed by atoms with Crippen LogP contribution in [0.1, 0.15) is 29.0 Å². The molecule has 0 radical (unpaired) electrons. The number of thiazole rings is 1. The summed E-state index contributed by atoms with van der Waals surface area (Å²) >= 11 is 1.01. The van der Waals surface area contributed by atoms with Crippen LogP contribution in [0.2, 0.25) is 0 Å². The van der Waals surface area contributed by atoms with Crippen molar-refractivity contribution in [3.8, 4) is 0 Å². The van der Waals surface area contributed by atoms with Gasteiger partial charge in [0.1, 0.15) is 5.65 Å². The lowest BCUT2D eigenvalue weighted by atomic mass is 10.4. The third-order valence-electron chi connectivity index (χ3n) is 3.96. The second-order valence-electron chi connectivity index (χ2n) is 6.12. The molecule has 0 aromatic carbocycles. The predicted octanol–water partition coefficient (Wildman–Crippen LogP) is 3.42. The maximum atomic E-state index is 12.6. The number of hydrogen-bond donors (Lipinski definition) is 2. The van der Waals surface area contributed by atoms with Crippen molar-refractivity contribution in [2.24, 2.45) is 4.99 Å². The lowest BCUT2D eigenvalue weighted by molar-refractivity contribution is -0.140. The van der Waals surface area contributed by atoms with Crippen molar-refractivity contribution in [3.63, 3.8) is 0 Å². The molecule has 3 aromatic heterocycles. The Morgan fingerprint density at radius 3 is 2.75 bits per heavy atom. The number of rotatable bonds is 6. The first kappa shape index (κ1) is 20.1. The summed E-state index contributed by atoms with van der Waals surface area (Å²) in [6, 6.07) is 5.90. The summed E-state index contributed by atoms with van der Waals surface area (Å²) in [5.41, 5.74) is 1.95. The van der Waals surface area contributed by atoms with E-state index in [-0.39, 0.29) is 0 Å². The molecule has 2 N–H and O–H groups in total. The van der Waals surface area contributed by atoms with Crippen molar-refractivity contribution >= 4 is 22.9 Å². The number of nitrogens with one attached hydrogen (secondary N) is 2. The van der Waals surface area contributed by atoms with Gasteiger partial charge in [0.25, 0.3) is 0 Å². The molecule has 10 heteroatoms. The minimum absolute atomic E-state index is 0.388. The Balaban J connectivity index is 1.59. The molecule has 0 amide bonds. The Kier molecular flexibility index (Phi) is 6.18. The third-order valence-corrected chi connectivity index (χ3v) is 4.87. The molecule has 0 bridgehead atoms. The highest BCUT2D eigenvalue weighted by atomic mass is 32.1. The first-order valence-corrected chi connectivity index (χ1v) is 9.72. The van der Waals surface area contributed by atoms with E-state index in [1.54, 1.807) is 0 Å². The number of imidazole rings is 1. The lowest BCUT2D eigenvalue weighted by Crippen LogP contribution is -2.38. The van der Waals surface area contributed by atoms with Crippen LogP contribution < -0.4 is 10.6 Å². The van der Waals surface area contributed by atoms with Crippen LogP contribution in [0.25, 0.3) is 5.65 Å². The highest BCUT2D eigenvalue weighted by Crippen LogP contribution is 2.29. The van der Waals surface area contributed by atoms with Crippen molar-refractivity contribution in [1.82, 2.24) is 25.0 Å². The van der Waals surface area contributed by atoms with Gasteiger partial charge in [0.15, 0.2) is 11.7 Å². The van der Waals surface area contributed by atoms with E-state index >= 15 is 0 Å². The van der Waals surface area contributed by atoms with Gasteiger partial charge in [0.05, 0.1) is 17.2 Å². The van der Waals surface area contributed by atoms with E-state index in [1.807, 2.05) is 42.6 Å². The van der Waals surface area contributed by atoms with Gasteiger partial charge in [-0.1, -0.05) is 6.07 Å². The maximum Gasteiger partial charge on any atom is 0.434 e. The number of pyridine rings is 1. The Labute approximate surface area is 164 Å². The van der Waals surface area contributed by atoms with Crippen molar-refractivity contribution < 1.29 is 13.2 Å². The van der Waals surface area contributed by atoms with Crippen molar-refractivity contribution in [2.75, 3.05) is 13.1 Å². The molecule has 0 aliphatic heterocycles. The van der Waals surface area contributed by atoms with Crippen LogP contribution in [0.5, 0.6) is 0 Å². The van der Waals surface area contributed by atoms with E-state index in [4.69, 9.17) is 0 Å². The van der Waals surface area contributed by atoms with Gasteiger partial charge in [-0.2, -0.15) is 13.2 Å². The number of nitrogens with zero attached hydrogens (tertiary/aromatic N) is 4. The highest BCUT2D eigenvalue weighted by Gasteiger charge is 2.33. The zero-order valence-electron chi connectivity index (χ0n) is 15.5. The monoisotopic (exact) mass is 410 g/mol. The first-order chi connectivity index (χ1) is 13.4. The van der Waals surface area contributed by atoms with E-state index in [0.717, 1.165) is 33.8 Å². The molecule has 0 atom stereocenters. The van der Waals surface area contributed by atoms with Crippen LogP contribution in [0.4, 0.5) is 13.2 Å². The fraction of sp³-hybridized carbons (Fsp3) is 0.389. The zero-order chi connectivity index (χ0) is 20.1. The molecule has 6 nitrogen and oxygen atoms in total. The molecular weight excluding hydrogens is 389 g/mol. The molecule has 0 saturated carbocycles. The van der Waals surface area contributed by atoms with Crippen LogP contribution in [-0.4, -0.2) is 33.4 Å². The Morgan fingerprint density at radius 2 is 2.07 bits per heavy atom. The fourth-order valence-electron chi connectivity index (χ4n) is 2.62. The number of halogens is 3. The number of hydrogen-bond acceptors (Lipinski definition) is 4. The van der Waals surface area contributed by atoms with E-state index in [9.17, 15) is 13.2 Å². The lowest BCUT2D eigenvalue weighted by Gasteiger charge is -2.10. The van der Waals surface area contributed by atoms with E-state index in [0.29, 0.717) is 37.0 Å². The fourth-order valence-corrected chi connectivity index (χ4v) is 3.43. The normalized spacial score (nSPS) is 12.5. The summed E-state index contributed by atoms with van der Waals surface area (Å²) in [6.45, 7) is 5.45. The second-order valence-corrected chi connectivity index (χ2v) is 7.07. The number of aliphatic imine (C=N–C) groups is 1. The molecule has 0 unspecified atom stereocenters. The van der Waals surface area contributed by atoms with Gasteiger partial charge < -0.3 is 15.0 Å². The SMILES string of the molecule is CCNC(=NCc1cn2c(C)cccc2n1)NCCc1nc(C(F)(F)F)cs1. The average Bonchev–Trinajstić information content (AvgIpc) is 3.27. The minimum Gasteiger partial charge on any atom is -0.357 e. The van der Waals surface area contributed by atoms with Crippen molar-refractivity contribution in [1.29, 1.82) is 0 Å². The molecule has 0 aliphatic rings. The van der Waals surface area contributed by atoms with E-state index in [1.165, 1.54) is 0 Å². The molecular formula is C18H21F3N6S. The van der Waals surface area contributed by atoms with Crippen molar-refractivity contribution in [2.45, 2.75) is 33.0 Å². The third kappa shape index (κ3) is 5.00. The topological polar surface area (TPSA) is 66.6 Å². The number of guanidine groups is 1. The second kappa shape index (κ2) is 8.59. The summed E-state index contributed by atoms with van der Waals surface area (Å²) in [7, 11) is 0. The van der Waals surface area contributed by atoms with Gasteiger partial charge in [-0.3, -0.25) is 0 Å². The number of aryl methyl sites for hydroxylation is 1. The highest BCUT2D eigenvalue weighted by molar-refractivity contribution is 7.09. The largest absolute Gasteiger partial charge is 0.434 e. The van der Waals surface area contributed by atoms with Gasteiger partial charge >= 0.3 is 6.18 Å². The summed E-state index contributed by atoms with van der Waals surface area (Å²) in [5, 5.41) is 7.72. The maximum absolute atomic E-state index is 12.6. The van der Waals surface area contributed by atoms with E-state index in [2.05, 4.69) is 25.6 Å². The van der Waals surface area contributed by atoms with Gasteiger partial charge in [-0.25, -0.2) is 15.0 Å². The Morgan fingerprint density at radius 1 is 1.25 bits per heavy atom. The first-order valence-electron chi connectivity index (χ1n) is 8.84. The molecule has 0 aliphatic carbocycles. The molecule has 0 spiro atoms. The summed E-state index contributed by atoms with van der Waals surface area (Å²) in [5.74, 6) is 0.587. The van der Waals surface area contributed by atoms with Crippen LogP contribution in [0.3, 0.4) is 0 Å². The standard InChI is InChI=1S/C18H21F3N6S/c1-3-22-17(23-8-7-16-26-14(11-28-16)18(19,20)21)24-9-13-10-27-12(2)5-4-6-15(27)25-13/h4-6,10-11H,3,7-9H2,1-2H3,(H2,22,23,24). The van der Waals surface area contributed by atoms with Crippen LogP contribution in [0.15, 0.2) is 34.8 Å². The molecule has 28 heavy (non-hydrogen) atoms.